The van der Waals surface area contributed by atoms with Gasteiger partial charge in [-0.05, 0) is 60.5 Å². The molecule has 0 aliphatic carbocycles. The van der Waals surface area contributed by atoms with Crippen molar-refractivity contribution in [1.29, 1.82) is 0 Å². The normalized spacial score (nSPS) is 11.7. The number of Topliss-reactive ketones (excluding diaryl/α,β-unsaturated/α-hetero) is 1. The first kappa shape index (κ1) is 24.6. The van der Waals surface area contributed by atoms with E-state index in [0.717, 1.165) is 17.6 Å². The number of aromatic nitrogens is 3. The van der Waals surface area contributed by atoms with E-state index in [2.05, 4.69) is 4.98 Å². The third-order valence-corrected chi connectivity index (χ3v) is 6.29. The number of alkyl halides is 3. The maximum Gasteiger partial charge on any atom is 0.433 e. The maximum absolute atomic E-state index is 13.6. The van der Waals surface area contributed by atoms with Crippen molar-refractivity contribution in [2.45, 2.75) is 19.0 Å². The van der Waals surface area contributed by atoms with Gasteiger partial charge >= 0.3 is 6.18 Å². The van der Waals surface area contributed by atoms with Crippen LogP contribution in [0.1, 0.15) is 28.0 Å². The van der Waals surface area contributed by atoms with Crippen molar-refractivity contribution in [3.63, 3.8) is 0 Å². The number of aryl methyl sites for hydroxylation is 1. The Morgan fingerprint density at radius 1 is 0.946 bits per heavy atom. The maximum atomic E-state index is 13.6. The van der Waals surface area contributed by atoms with E-state index in [1.165, 1.54) is 18.2 Å². The zero-order chi connectivity index (χ0) is 26.2. The summed E-state index contributed by atoms with van der Waals surface area (Å²) in [5.41, 5.74) is 2.52. The van der Waals surface area contributed by atoms with Gasteiger partial charge in [0.1, 0.15) is 17.2 Å². The highest BCUT2D eigenvalue weighted by atomic mass is 35.5. The van der Waals surface area contributed by atoms with Crippen LogP contribution in [0.25, 0.3) is 27.8 Å². The first-order valence-corrected chi connectivity index (χ1v) is 11.7. The van der Waals surface area contributed by atoms with Crippen LogP contribution in [0.2, 0.25) is 5.02 Å². The van der Waals surface area contributed by atoms with Gasteiger partial charge in [0.25, 0.3) is 0 Å². The number of rotatable bonds is 6. The fourth-order valence-corrected chi connectivity index (χ4v) is 4.29. The first-order chi connectivity index (χ1) is 17.7. The van der Waals surface area contributed by atoms with E-state index in [9.17, 15) is 22.4 Å². The van der Waals surface area contributed by atoms with Crippen molar-refractivity contribution in [3.8, 4) is 16.9 Å². The van der Waals surface area contributed by atoms with Gasteiger partial charge in [0.2, 0.25) is 0 Å². The van der Waals surface area contributed by atoms with E-state index in [4.69, 9.17) is 16.7 Å². The lowest BCUT2D eigenvalue weighted by Crippen LogP contribution is -2.08. The fraction of sp³-hybridized carbons (Fsp3) is 0.107. The van der Waals surface area contributed by atoms with Gasteiger partial charge in [-0.1, -0.05) is 41.9 Å². The van der Waals surface area contributed by atoms with Crippen LogP contribution in [0.15, 0.2) is 85.1 Å². The van der Waals surface area contributed by atoms with Crippen molar-refractivity contribution in [3.05, 3.63) is 113 Å². The smallest absolute Gasteiger partial charge is 0.294 e. The second kappa shape index (κ2) is 9.78. The second-order valence-corrected chi connectivity index (χ2v) is 8.83. The van der Waals surface area contributed by atoms with Crippen molar-refractivity contribution in [2.24, 2.45) is 0 Å². The van der Waals surface area contributed by atoms with Gasteiger partial charge in [-0.3, -0.25) is 9.78 Å². The summed E-state index contributed by atoms with van der Waals surface area (Å²) < 4.78 is 53.4. The van der Waals surface area contributed by atoms with Crippen LogP contribution in [0.5, 0.6) is 0 Å². The number of carbonyl (C=O) groups excluding carboxylic acids is 1. The molecule has 0 saturated heterocycles. The number of ketones is 1. The third kappa shape index (κ3) is 5.11. The molecule has 9 heteroatoms. The molecule has 0 fully saturated rings. The Morgan fingerprint density at radius 3 is 2.38 bits per heavy atom. The Balaban J connectivity index is 1.49. The van der Waals surface area contributed by atoms with Crippen LogP contribution in [0.4, 0.5) is 17.6 Å². The van der Waals surface area contributed by atoms with E-state index < -0.39 is 11.9 Å². The van der Waals surface area contributed by atoms with Gasteiger partial charge in [0, 0.05) is 29.1 Å². The molecule has 0 amide bonds. The van der Waals surface area contributed by atoms with Gasteiger partial charge < -0.3 is 0 Å². The molecule has 0 aliphatic rings. The quantitative estimate of drug-likeness (QED) is 0.169. The van der Waals surface area contributed by atoms with Crippen LogP contribution < -0.4 is 0 Å². The Hall–Kier alpha value is -4.04. The van der Waals surface area contributed by atoms with E-state index in [1.54, 1.807) is 41.1 Å². The molecule has 0 N–H and O–H groups in total. The number of benzene rings is 3. The van der Waals surface area contributed by atoms with Gasteiger partial charge in [-0.15, -0.1) is 0 Å². The molecule has 5 aromatic rings. The van der Waals surface area contributed by atoms with E-state index >= 15 is 0 Å². The van der Waals surface area contributed by atoms with Crippen molar-refractivity contribution in [2.75, 3.05) is 0 Å². The lowest BCUT2D eigenvalue weighted by atomic mass is 10.0. The lowest BCUT2D eigenvalue weighted by Gasteiger charge is -2.07. The number of pyridine rings is 1. The number of fused-ring (bicyclic) bond motifs is 1. The molecule has 0 unspecified atom stereocenters. The lowest BCUT2D eigenvalue weighted by molar-refractivity contribution is -0.141. The Morgan fingerprint density at radius 2 is 1.70 bits per heavy atom. The molecule has 0 atom stereocenters. The number of carbonyl (C=O) groups is 1. The molecular formula is C28H18ClF4N3O. The summed E-state index contributed by atoms with van der Waals surface area (Å²) >= 11 is 6.43. The molecule has 5 rings (SSSR count). The Bertz CT molecular complexity index is 1590. The zero-order valence-corrected chi connectivity index (χ0v) is 19.9. The highest BCUT2D eigenvalue weighted by molar-refractivity contribution is 6.33. The molecule has 0 radical (unpaired) electrons. The van der Waals surface area contributed by atoms with Crippen LogP contribution >= 0.6 is 11.6 Å². The number of hydrogen-bond donors (Lipinski definition) is 0. The summed E-state index contributed by atoms with van der Waals surface area (Å²) in [5, 5.41) is 6.00. The van der Waals surface area contributed by atoms with E-state index in [1.807, 2.05) is 18.2 Å². The standard InChI is InChI=1S/C28H18ClF4N3O/c29-23-4-2-1-3-21(23)27-22-12-7-18(15-24(22)36(35-27)20-10-8-19(30)9-11-20)25(37)13-5-17-6-14-26(34-16-17)28(31,32)33/h1-4,6-12,14-16H,5,13H2. The third-order valence-electron chi connectivity index (χ3n) is 5.96. The zero-order valence-electron chi connectivity index (χ0n) is 19.1. The predicted molar refractivity (Wildman–Crippen MR) is 133 cm³/mol. The highest BCUT2D eigenvalue weighted by Gasteiger charge is 2.32. The monoisotopic (exact) mass is 523 g/mol. The van der Waals surface area contributed by atoms with Crippen LogP contribution in [-0.4, -0.2) is 20.5 Å². The first-order valence-electron chi connectivity index (χ1n) is 11.3. The predicted octanol–water partition coefficient (Wildman–Crippen LogP) is 7.71. The minimum Gasteiger partial charge on any atom is -0.294 e. The largest absolute Gasteiger partial charge is 0.433 e. The molecule has 4 nitrogen and oxygen atoms in total. The highest BCUT2D eigenvalue weighted by Crippen LogP contribution is 2.34. The molecular weight excluding hydrogens is 506 g/mol. The summed E-state index contributed by atoms with van der Waals surface area (Å²) in [4.78, 5) is 16.5. The van der Waals surface area contributed by atoms with E-state index in [-0.39, 0.29) is 24.4 Å². The van der Waals surface area contributed by atoms with Crippen molar-refractivity contribution in [1.82, 2.24) is 14.8 Å². The van der Waals surface area contributed by atoms with Gasteiger partial charge in [0.15, 0.2) is 5.78 Å². The number of halogens is 5. The topological polar surface area (TPSA) is 47.8 Å². The van der Waals surface area contributed by atoms with Gasteiger partial charge in [-0.2, -0.15) is 18.3 Å². The van der Waals surface area contributed by atoms with Gasteiger partial charge in [0.05, 0.1) is 16.2 Å². The Labute approximate surface area is 214 Å². The summed E-state index contributed by atoms with van der Waals surface area (Å²) in [7, 11) is 0. The van der Waals surface area contributed by atoms with Gasteiger partial charge in [-0.25, -0.2) is 9.07 Å². The second-order valence-electron chi connectivity index (χ2n) is 8.42. The average Bonchev–Trinajstić information content (AvgIpc) is 3.26. The SMILES string of the molecule is O=C(CCc1ccc(C(F)(F)F)nc1)c1ccc2c(-c3ccccc3Cl)nn(-c3ccc(F)cc3)c2c1. The number of hydrogen-bond acceptors (Lipinski definition) is 3. The van der Waals surface area contributed by atoms with Crippen LogP contribution in [0.3, 0.4) is 0 Å². The summed E-state index contributed by atoms with van der Waals surface area (Å²) in [6.45, 7) is 0. The van der Waals surface area contributed by atoms with Crippen LogP contribution in [-0.2, 0) is 12.6 Å². The minimum atomic E-state index is -4.51. The fourth-order valence-electron chi connectivity index (χ4n) is 4.06. The number of nitrogens with zero attached hydrogens (tertiary/aromatic N) is 3. The molecule has 3 aromatic carbocycles. The molecule has 0 saturated carbocycles. The average molecular weight is 524 g/mol. The van der Waals surface area contributed by atoms with Crippen LogP contribution in [0, 0.1) is 5.82 Å². The molecule has 0 bridgehead atoms. The molecule has 0 spiro atoms. The molecule has 2 heterocycles. The molecule has 37 heavy (non-hydrogen) atoms. The summed E-state index contributed by atoms with van der Waals surface area (Å²) in [6.07, 6.45) is -3.05. The van der Waals surface area contributed by atoms with E-state index in [0.29, 0.717) is 38.6 Å². The van der Waals surface area contributed by atoms with Crippen molar-refractivity contribution < 1.29 is 22.4 Å². The molecule has 2 aromatic heterocycles. The summed E-state index contributed by atoms with van der Waals surface area (Å²) in [6, 6.07) is 20.5. The van der Waals surface area contributed by atoms with Crippen molar-refractivity contribution >= 4 is 28.3 Å². The summed E-state index contributed by atoms with van der Waals surface area (Å²) in [5.74, 6) is -0.576. The Kier molecular flexibility index (Phi) is 6.52. The molecule has 186 valence electrons. The molecule has 0 aliphatic heterocycles. The minimum absolute atomic E-state index is 0.0839.